The van der Waals surface area contributed by atoms with Crippen molar-refractivity contribution in [1.29, 1.82) is 0 Å². The van der Waals surface area contributed by atoms with Crippen LogP contribution < -0.4 is 22.1 Å². The lowest BCUT2D eigenvalue weighted by Gasteiger charge is -2.16. The van der Waals surface area contributed by atoms with Gasteiger partial charge in [-0.05, 0) is 24.6 Å². The average Bonchev–Trinajstić information content (AvgIpc) is 2.46. The van der Waals surface area contributed by atoms with E-state index in [0.717, 1.165) is 5.56 Å². The van der Waals surface area contributed by atoms with Gasteiger partial charge in [-0.2, -0.15) is 0 Å². The quantitative estimate of drug-likeness (QED) is 0.410. The Kier molecular flexibility index (Phi) is 6.33. The van der Waals surface area contributed by atoms with Gasteiger partial charge in [0.15, 0.2) is 0 Å². The minimum Gasteiger partial charge on any atom is -0.508 e. The van der Waals surface area contributed by atoms with Crippen LogP contribution in [0.5, 0.6) is 5.75 Å². The molecule has 1 aromatic rings. The molecule has 0 radical (unpaired) electrons. The van der Waals surface area contributed by atoms with Crippen molar-refractivity contribution >= 4 is 17.7 Å². The highest BCUT2D eigenvalue weighted by molar-refractivity contribution is 5.90. The predicted octanol–water partition coefficient (Wildman–Crippen LogP) is -1.63. The van der Waals surface area contributed by atoms with Crippen LogP contribution in [0.2, 0.25) is 0 Å². The fourth-order valence-corrected chi connectivity index (χ4v) is 1.66. The average molecular weight is 308 g/mol. The van der Waals surface area contributed by atoms with Crippen molar-refractivity contribution in [3.05, 3.63) is 29.8 Å². The number of benzene rings is 1. The highest BCUT2D eigenvalue weighted by atomic mass is 16.3. The summed E-state index contributed by atoms with van der Waals surface area (Å²) in [6.07, 6.45) is 0.183. The second-order valence-corrected chi connectivity index (χ2v) is 4.90. The van der Waals surface area contributed by atoms with Gasteiger partial charge in [-0.25, -0.2) is 0 Å². The molecule has 0 spiro atoms. The summed E-state index contributed by atoms with van der Waals surface area (Å²) in [5.41, 5.74) is 11.3. The number of hydrogen-bond acceptors (Lipinski definition) is 5. The third-order valence-electron chi connectivity index (χ3n) is 2.89. The molecule has 0 fully saturated rings. The van der Waals surface area contributed by atoms with Gasteiger partial charge >= 0.3 is 0 Å². The molecule has 0 bridgehead atoms. The summed E-state index contributed by atoms with van der Waals surface area (Å²) in [7, 11) is 0. The van der Waals surface area contributed by atoms with Gasteiger partial charge in [-0.3, -0.25) is 14.4 Å². The van der Waals surface area contributed by atoms with Crippen molar-refractivity contribution in [2.24, 2.45) is 11.5 Å². The first-order valence-electron chi connectivity index (χ1n) is 6.69. The Morgan fingerprint density at radius 3 is 2.32 bits per heavy atom. The number of rotatable bonds is 7. The van der Waals surface area contributed by atoms with E-state index in [1.165, 1.54) is 19.1 Å². The highest BCUT2D eigenvalue weighted by Crippen LogP contribution is 2.11. The van der Waals surface area contributed by atoms with Crippen LogP contribution in [0.3, 0.4) is 0 Å². The second kappa shape index (κ2) is 7.99. The van der Waals surface area contributed by atoms with E-state index in [4.69, 9.17) is 11.5 Å². The van der Waals surface area contributed by atoms with Gasteiger partial charge in [0.25, 0.3) is 0 Å². The summed E-state index contributed by atoms with van der Waals surface area (Å²) < 4.78 is 0. The fourth-order valence-electron chi connectivity index (χ4n) is 1.66. The van der Waals surface area contributed by atoms with Crippen LogP contribution in [0.1, 0.15) is 12.5 Å². The Morgan fingerprint density at radius 2 is 1.82 bits per heavy atom. The summed E-state index contributed by atoms with van der Waals surface area (Å²) in [6.45, 7) is 1.20. The van der Waals surface area contributed by atoms with E-state index in [0.29, 0.717) is 0 Å². The zero-order valence-electron chi connectivity index (χ0n) is 12.2. The molecule has 8 nitrogen and oxygen atoms in total. The molecule has 8 heteroatoms. The summed E-state index contributed by atoms with van der Waals surface area (Å²) >= 11 is 0. The van der Waals surface area contributed by atoms with Crippen LogP contribution in [-0.4, -0.2) is 41.5 Å². The maximum atomic E-state index is 11.7. The van der Waals surface area contributed by atoms with Crippen molar-refractivity contribution in [3.63, 3.8) is 0 Å². The molecular weight excluding hydrogens is 288 g/mol. The first-order valence-corrected chi connectivity index (χ1v) is 6.69. The first kappa shape index (κ1) is 17.4. The highest BCUT2D eigenvalue weighted by Gasteiger charge is 2.19. The molecule has 0 unspecified atom stereocenters. The van der Waals surface area contributed by atoms with Gasteiger partial charge in [-0.15, -0.1) is 0 Å². The van der Waals surface area contributed by atoms with Crippen molar-refractivity contribution in [2.45, 2.75) is 25.4 Å². The lowest BCUT2D eigenvalue weighted by Crippen LogP contribution is -2.50. The van der Waals surface area contributed by atoms with Crippen LogP contribution >= 0.6 is 0 Å². The molecule has 0 heterocycles. The minimum atomic E-state index is -0.913. The number of aromatic hydroxyl groups is 1. The Morgan fingerprint density at radius 1 is 1.23 bits per heavy atom. The number of carbonyl (C=O) groups is 3. The van der Waals surface area contributed by atoms with Crippen LogP contribution in [0.25, 0.3) is 0 Å². The number of primary amides is 1. The van der Waals surface area contributed by atoms with Crippen LogP contribution in [0.15, 0.2) is 24.3 Å². The Hall–Kier alpha value is -2.61. The molecule has 7 N–H and O–H groups in total. The molecule has 0 aliphatic carbocycles. The molecular formula is C14H20N4O4. The molecule has 0 aliphatic heterocycles. The summed E-state index contributed by atoms with van der Waals surface area (Å²) in [5.74, 6) is -1.61. The lowest BCUT2D eigenvalue weighted by atomic mass is 10.1. The number of nitrogens with two attached hydrogens (primary N) is 2. The largest absolute Gasteiger partial charge is 0.508 e. The van der Waals surface area contributed by atoms with E-state index >= 15 is 0 Å². The van der Waals surface area contributed by atoms with E-state index in [9.17, 15) is 19.5 Å². The molecule has 0 saturated heterocycles. The number of phenolic OH excluding ortho intramolecular Hbond substituents is 1. The molecule has 120 valence electrons. The number of amides is 3. The second-order valence-electron chi connectivity index (χ2n) is 4.90. The van der Waals surface area contributed by atoms with E-state index in [-0.39, 0.29) is 18.7 Å². The van der Waals surface area contributed by atoms with Crippen molar-refractivity contribution in [3.8, 4) is 5.75 Å². The zero-order valence-corrected chi connectivity index (χ0v) is 12.2. The molecule has 3 amide bonds. The molecule has 1 rings (SSSR count). The maximum Gasteiger partial charge on any atom is 0.240 e. The Bertz CT molecular complexity index is 542. The van der Waals surface area contributed by atoms with Crippen LogP contribution in [0, 0.1) is 0 Å². The molecule has 0 aliphatic rings. The normalized spacial score (nSPS) is 13.0. The molecule has 22 heavy (non-hydrogen) atoms. The molecule has 1 aromatic carbocycles. The summed E-state index contributed by atoms with van der Waals surface area (Å²) in [4.78, 5) is 34.4. The first-order chi connectivity index (χ1) is 10.3. The number of hydrogen-bond donors (Lipinski definition) is 5. The smallest absolute Gasteiger partial charge is 0.240 e. The SMILES string of the molecule is C[C@H](N)C(=O)NCC(=O)N[C@@H](Cc1ccc(O)cc1)C(N)=O. The lowest BCUT2D eigenvalue weighted by molar-refractivity contribution is -0.128. The topological polar surface area (TPSA) is 148 Å². The number of phenols is 1. The maximum absolute atomic E-state index is 11.7. The van der Waals surface area contributed by atoms with Gasteiger partial charge in [0.2, 0.25) is 17.7 Å². The van der Waals surface area contributed by atoms with Gasteiger partial charge in [0, 0.05) is 6.42 Å². The van der Waals surface area contributed by atoms with Crippen molar-refractivity contribution in [1.82, 2.24) is 10.6 Å². The Balaban J connectivity index is 2.57. The van der Waals surface area contributed by atoms with E-state index in [2.05, 4.69) is 10.6 Å². The Labute approximate surface area is 127 Å². The van der Waals surface area contributed by atoms with Gasteiger partial charge in [0.05, 0.1) is 12.6 Å². The summed E-state index contributed by atoms with van der Waals surface area (Å²) in [6, 6.07) is 4.54. The third-order valence-corrected chi connectivity index (χ3v) is 2.89. The molecule has 0 aromatic heterocycles. The van der Waals surface area contributed by atoms with Crippen molar-refractivity contribution in [2.75, 3.05) is 6.54 Å². The fraction of sp³-hybridized carbons (Fsp3) is 0.357. The monoisotopic (exact) mass is 308 g/mol. The number of nitrogens with one attached hydrogen (secondary N) is 2. The van der Waals surface area contributed by atoms with E-state index in [1.807, 2.05) is 0 Å². The van der Waals surface area contributed by atoms with E-state index < -0.39 is 29.8 Å². The third kappa shape index (κ3) is 5.80. The molecule has 0 saturated carbocycles. The zero-order chi connectivity index (χ0) is 16.7. The standard InChI is InChI=1S/C14H20N4O4/c1-8(15)14(22)17-7-12(20)18-11(13(16)21)6-9-2-4-10(19)5-3-9/h2-5,8,11,19H,6-7,15H2,1H3,(H2,16,21)(H,17,22)(H,18,20)/t8-,11-/m0/s1. The minimum absolute atomic E-state index is 0.0991. The number of carbonyl (C=O) groups excluding carboxylic acids is 3. The van der Waals surface area contributed by atoms with Gasteiger partial charge in [0.1, 0.15) is 11.8 Å². The molecule has 2 atom stereocenters. The van der Waals surface area contributed by atoms with Crippen LogP contribution in [0.4, 0.5) is 0 Å². The predicted molar refractivity (Wildman–Crippen MR) is 79.6 cm³/mol. The van der Waals surface area contributed by atoms with E-state index in [1.54, 1.807) is 12.1 Å². The van der Waals surface area contributed by atoms with Gasteiger partial charge < -0.3 is 27.2 Å². The van der Waals surface area contributed by atoms with Crippen LogP contribution in [-0.2, 0) is 20.8 Å². The van der Waals surface area contributed by atoms with Crippen molar-refractivity contribution < 1.29 is 19.5 Å². The van der Waals surface area contributed by atoms with Gasteiger partial charge in [-0.1, -0.05) is 12.1 Å². The summed E-state index contributed by atoms with van der Waals surface area (Å²) in [5, 5.41) is 14.0.